The molecule has 16 nitrogen and oxygen atoms in total. The van der Waals surface area contributed by atoms with E-state index >= 15 is 0 Å². The first kappa shape index (κ1) is 80.4. The summed E-state index contributed by atoms with van der Waals surface area (Å²) < 4.78 is 39.8. The third-order valence-electron chi connectivity index (χ3n) is 26.4. The molecule has 0 aromatic heterocycles. The molecular formula is C88H128Cl2N6O10. The van der Waals surface area contributed by atoms with Crippen LogP contribution in [0.15, 0.2) is 90.1 Å². The van der Waals surface area contributed by atoms with E-state index in [2.05, 4.69) is 88.0 Å². The van der Waals surface area contributed by atoms with Gasteiger partial charge in [-0.1, -0.05) is 91.9 Å². The molecule has 4 aromatic carbocycles. The Hall–Kier alpha value is -5.17. The van der Waals surface area contributed by atoms with E-state index in [0.29, 0.717) is 52.8 Å². The summed E-state index contributed by atoms with van der Waals surface area (Å²) in [5.41, 5.74) is 6.45. The number of para-hydroxylation sites is 2. The number of rotatable bonds is 20. The Morgan fingerprint density at radius 3 is 1.74 bits per heavy atom. The first-order valence-corrected chi connectivity index (χ1v) is 42.1. The summed E-state index contributed by atoms with van der Waals surface area (Å²) >= 11 is 12.5. The fourth-order valence-electron chi connectivity index (χ4n) is 20.6. The SMILES string of the molecule is CC(=O)COc1ccccc1C1CCN([C@H]2C[C@H]3CC[C@@]2(C)C3)CC1.CC(C)COc1ccccc1C1CCN([C@H]2C[C@H]3CC[C@H]2C3)CC1.CCOC(=O)N1CCC(N2CCC(OC)(c3cc(Cl)ccc3OC)CC2)CC1.COc1ccc(Cl)cc1C1CCN(C2CCC(=NOC3CCCCO3)CC2)CC1. The van der Waals surface area contributed by atoms with Crippen LogP contribution in [0.25, 0.3) is 0 Å². The maximum Gasteiger partial charge on any atom is 0.409 e. The predicted molar refractivity (Wildman–Crippen MR) is 425 cm³/mol. The molecule has 1 unspecified atom stereocenters. The number of carbonyl (C=O) groups is 2. The number of hydrogen-bond acceptors (Lipinski definition) is 15. The van der Waals surface area contributed by atoms with E-state index in [1.54, 1.807) is 28.3 Å². The highest BCUT2D eigenvalue weighted by molar-refractivity contribution is 6.31. The van der Waals surface area contributed by atoms with Crippen molar-refractivity contribution < 1.29 is 47.6 Å². The van der Waals surface area contributed by atoms with Crippen LogP contribution in [-0.4, -0.2) is 186 Å². The molecule has 18 heteroatoms. The average molecular weight is 1500 g/mol. The number of likely N-dealkylation sites (tertiary alicyclic amines) is 5. The van der Waals surface area contributed by atoms with Gasteiger partial charge in [-0.05, 0) is 313 Å². The second-order valence-electron chi connectivity index (χ2n) is 33.6. The number of amides is 1. The minimum Gasteiger partial charge on any atom is -0.496 e. The maximum atomic E-state index is 11.9. The van der Waals surface area contributed by atoms with Gasteiger partial charge in [0.15, 0.2) is 5.78 Å². The second kappa shape index (κ2) is 38.7. The number of nitrogens with zero attached hydrogens (tertiary/aromatic N) is 6. The Morgan fingerprint density at radius 2 is 1.18 bits per heavy atom. The largest absolute Gasteiger partial charge is 0.496 e. The van der Waals surface area contributed by atoms with Crippen LogP contribution in [0.2, 0.25) is 10.0 Å². The fraction of sp³-hybridized carbons (Fsp3) is 0.693. The lowest BCUT2D eigenvalue weighted by atomic mass is 9.79. The molecule has 11 fully saturated rings. The highest BCUT2D eigenvalue weighted by Gasteiger charge is 2.51. The summed E-state index contributed by atoms with van der Waals surface area (Å²) in [6, 6.07) is 31.7. The van der Waals surface area contributed by atoms with Crippen molar-refractivity contribution in [3.63, 3.8) is 0 Å². The van der Waals surface area contributed by atoms with E-state index in [9.17, 15) is 9.59 Å². The van der Waals surface area contributed by atoms with Crippen LogP contribution in [0.3, 0.4) is 0 Å². The molecular weight excluding hydrogens is 1370 g/mol. The van der Waals surface area contributed by atoms with E-state index in [1.807, 2.05) is 54.3 Å². The van der Waals surface area contributed by atoms with Crippen LogP contribution in [0.1, 0.15) is 235 Å². The highest BCUT2D eigenvalue weighted by Crippen LogP contribution is 2.56. The monoisotopic (exact) mass is 1500 g/mol. The second-order valence-corrected chi connectivity index (χ2v) is 34.5. The average Bonchev–Trinajstić information content (AvgIpc) is 1.45. The van der Waals surface area contributed by atoms with E-state index in [0.717, 1.165) is 180 Å². The van der Waals surface area contributed by atoms with Gasteiger partial charge in [-0.2, -0.15) is 0 Å². The number of fused-ring (bicyclic) bond motifs is 4. The molecule has 4 aromatic rings. The Balaban J connectivity index is 0.000000133. The van der Waals surface area contributed by atoms with Crippen LogP contribution in [-0.2, 0) is 29.4 Å². The predicted octanol–water partition coefficient (Wildman–Crippen LogP) is 18.8. The van der Waals surface area contributed by atoms with Crippen molar-refractivity contribution in [1.82, 2.24) is 24.5 Å². The molecule has 15 rings (SSSR count). The highest BCUT2D eigenvalue weighted by atomic mass is 35.5. The Labute approximate surface area is 645 Å². The minimum atomic E-state index is -0.377. The van der Waals surface area contributed by atoms with Crippen LogP contribution in [0, 0.1) is 29.1 Å². The lowest BCUT2D eigenvalue weighted by molar-refractivity contribution is -0.162. The number of hydrogen-bond donors (Lipinski definition) is 0. The maximum absolute atomic E-state index is 11.9. The van der Waals surface area contributed by atoms with E-state index < -0.39 is 0 Å². The summed E-state index contributed by atoms with van der Waals surface area (Å²) in [4.78, 5) is 41.4. The van der Waals surface area contributed by atoms with Gasteiger partial charge in [0.2, 0.25) is 6.29 Å². The Kier molecular flexibility index (Phi) is 29.3. The van der Waals surface area contributed by atoms with Crippen LogP contribution < -0.4 is 18.9 Å². The number of oxime groups is 1. The molecule has 6 aliphatic heterocycles. The third kappa shape index (κ3) is 20.7. The molecule has 5 aliphatic carbocycles. The number of carbonyl (C=O) groups excluding carboxylic acids is 2. The number of Topliss-reactive ketones (excluding diaryl/α,β-unsaturated/α-hetero) is 1. The first-order chi connectivity index (χ1) is 51.5. The van der Waals surface area contributed by atoms with Gasteiger partial charge in [0.1, 0.15) is 29.6 Å². The van der Waals surface area contributed by atoms with Crippen LogP contribution >= 0.6 is 23.2 Å². The third-order valence-corrected chi connectivity index (χ3v) is 26.9. The summed E-state index contributed by atoms with van der Waals surface area (Å²) in [6.45, 7) is 23.3. The van der Waals surface area contributed by atoms with Crippen molar-refractivity contribution >= 4 is 40.8 Å². The number of halogens is 2. The molecule has 11 aliphatic rings. The summed E-state index contributed by atoms with van der Waals surface area (Å²) in [6.07, 6.45) is 30.3. The van der Waals surface area contributed by atoms with Gasteiger partial charge in [0.25, 0.3) is 0 Å². The molecule has 6 heterocycles. The van der Waals surface area contributed by atoms with Crippen molar-refractivity contribution in [1.29, 1.82) is 0 Å². The molecule has 106 heavy (non-hydrogen) atoms. The molecule has 4 bridgehead atoms. The van der Waals surface area contributed by atoms with Crippen LogP contribution in [0.4, 0.5) is 4.79 Å². The fourth-order valence-corrected chi connectivity index (χ4v) is 20.9. The van der Waals surface area contributed by atoms with E-state index in [1.165, 1.54) is 145 Å². The number of piperidine rings is 5. The van der Waals surface area contributed by atoms with Gasteiger partial charge < -0.3 is 57.6 Å². The molecule has 5 saturated carbocycles. The molecule has 1 amide bonds. The van der Waals surface area contributed by atoms with Gasteiger partial charge in [0.05, 0.1) is 45.4 Å². The number of ketones is 1. The molecule has 6 saturated heterocycles. The zero-order chi connectivity index (χ0) is 74.2. The van der Waals surface area contributed by atoms with Gasteiger partial charge in [0, 0.05) is 79.5 Å². The molecule has 0 N–H and O–H groups in total. The lowest BCUT2D eigenvalue weighted by Gasteiger charge is -2.46. The van der Waals surface area contributed by atoms with Crippen LogP contribution in [0.5, 0.6) is 23.0 Å². The van der Waals surface area contributed by atoms with Gasteiger partial charge in [-0.3, -0.25) is 9.69 Å². The Bertz CT molecular complexity index is 3430. The zero-order valence-electron chi connectivity index (χ0n) is 65.6. The molecule has 0 radical (unpaired) electrons. The lowest BCUT2D eigenvalue weighted by Crippen LogP contribution is -2.52. The summed E-state index contributed by atoms with van der Waals surface area (Å²) in [7, 11) is 5.20. The quantitative estimate of drug-likeness (QED) is 0.0776. The van der Waals surface area contributed by atoms with Crippen molar-refractivity contribution in [2.45, 2.75) is 249 Å². The Morgan fingerprint density at radius 1 is 0.585 bits per heavy atom. The standard InChI is InChI=1S/C23H33ClN2O3.C22H31NO2.C22H33NO.C21H31ClN2O4/c1-27-22-10-5-18(24)16-21(22)17-11-13-26(14-12-17)20-8-6-19(7-9-20)25-29-23-4-2-3-15-28-23;1-16(24)15-25-20-6-4-3-5-19(20)18-8-11-23(12-9-18)21-13-17-7-10-22(21,2)14-17;1-16(2)15-24-22-6-4-3-5-20(22)18-9-11-23(12-10-18)21-14-17-7-8-19(21)13-17;1-4-28-20(25)24-11-7-17(8-12-24)23-13-9-21(27-3,10-14-23)18-15-16(22)5-6-19(18)26-2/h5,10,16-17,20,23H,2-4,6-9,11-15H2,1H3;3-6,17-18,21H,7-15H2,1-2H3;3-6,16-19,21H,7-15H2,1-2H3;5-6,15,17H,4,7-14H2,1-3H3/t;17-,21+,22+;17-,19-,21-;/m.10./s1. The van der Waals surface area contributed by atoms with E-state index in [-0.39, 0.29) is 30.4 Å². The summed E-state index contributed by atoms with van der Waals surface area (Å²) in [5.74, 6) is 9.33. The number of methoxy groups -OCH3 is 3. The van der Waals surface area contributed by atoms with E-state index in [4.69, 9.17) is 61.2 Å². The van der Waals surface area contributed by atoms with Gasteiger partial charge in [-0.25, -0.2) is 4.79 Å². The zero-order valence-corrected chi connectivity index (χ0v) is 67.1. The number of benzene rings is 4. The van der Waals surface area contributed by atoms with Crippen molar-refractivity contribution in [3.8, 4) is 23.0 Å². The topological polar surface area (TPSA) is 137 Å². The first-order valence-electron chi connectivity index (χ1n) is 41.4. The normalized spacial score (nSPS) is 27.6. The molecule has 584 valence electrons. The smallest absolute Gasteiger partial charge is 0.409 e. The van der Waals surface area contributed by atoms with Crippen molar-refractivity contribution in [2.24, 2.45) is 34.2 Å². The van der Waals surface area contributed by atoms with Gasteiger partial charge in [-0.15, -0.1) is 0 Å². The van der Waals surface area contributed by atoms with Gasteiger partial charge >= 0.3 is 6.09 Å². The minimum absolute atomic E-state index is 0.0779. The number of ether oxygens (including phenoxy) is 7. The van der Waals surface area contributed by atoms with Crippen molar-refractivity contribution in [2.75, 3.05) is 113 Å². The van der Waals surface area contributed by atoms with Crippen molar-refractivity contribution in [3.05, 3.63) is 117 Å². The molecule has 0 spiro atoms. The molecule has 7 atom stereocenters. The summed E-state index contributed by atoms with van der Waals surface area (Å²) in [5, 5.41) is 5.90.